The zero-order valence-corrected chi connectivity index (χ0v) is 16.6. The third-order valence-corrected chi connectivity index (χ3v) is 5.33. The number of hydrazine groups is 1. The highest BCUT2D eigenvalue weighted by Crippen LogP contribution is 2.34. The summed E-state index contributed by atoms with van der Waals surface area (Å²) in [5.41, 5.74) is 3.96. The molecule has 30 heavy (non-hydrogen) atoms. The Kier molecular flexibility index (Phi) is 5.48. The van der Waals surface area contributed by atoms with Crippen molar-refractivity contribution in [1.82, 2.24) is 10.4 Å². The highest BCUT2D eigenvalue weighted by molar-refractivity contribution is 6.07. The standard InChI is InChI=1S/C24H22N2O4/c1-2-30-24(29)22-20(17-9-4-3-5-10-17)15-21(27)26(22)25-23(28)19-14-8-12-16-11-6-7-13-18(16)19/h3-14,20,22H,2,15H2,1H3,(H,25,28). The number of hydrogen-bond acceptors (Lipinski definition) is 4. The van der Waals surface area contributed by atoms with Crippen LogP contribution >= 0.6 is 0 Å². The highest BCUT2D eigenvalue weighted by atomic mass is 16.5. The highest BCUT2D eigenvalue weighted by Gasteiger charge is 2.47. The minimum absolute atomic E-state index is 0.114. The molecule has 6 nitrogen and oxygen atoms in total. The van der Waals surface area contributed by atoms with Gasteiger partial charge in [0.05, 0.1) is 6.61 Å². The van der Waals surface area contributed by atoms with Crippen LogP contribution in [0.25, 0.3) is 10.8 Å². The Hall–Kier alpha value is -3.67. The molecule has 1 aliphatic heterocycles. The number of amides is 2. The van der Waals surface area contributed by atoms with Crippen LogP contribution in [0, 0.1) is 0 Å². The lowest BCUT2D eigenvalue weighted by molar-refractivity contribution is -0.153. The topological polar surface area (TPSA) is 75.7 Å². The molecule has 2 amide bonds. The largest absolute Gasteiger partial charge is 0.464 e. The summed E-state index contributed by atoms with van der Waals surface area (Å²) >= 11 is 0. The molecule has 1 aliphatic rings. The van der Waals surface area contributed by atoms with Gasteiger partial charge in [-0.05, 0) is 29.3 Å². The van der Waals surface area contributed by atoms with Gasteiger partial charge in [-0.2, -0.15) is 0 Å². The van der Waals surface area contributed by atoms with Crippen LogP contribution in [0.5, 0.6) is 0 Å². The van der Waals surface area contributed by atoms with Gasteiger partial charge in [0.25, 0.3) is 5.91 Å². The lowest BCUT2D eigenvalue weighted by atomic mass is 9.92. The van der Waals surface area contributed by atoms with Crippen molar-refractivity contribution in [2.45, 2.75) is 25.3 Å². The van der Waals surface area contributed by atoms with Gasteiger partial charge in [0.15, 0.2) is 6.04 Å². The molecule has 1 saturated heterocycles. The van der Waals surface area contributed by atoms with Gasteiger partial charge in [0.1, 0.15) is 0 Å². The second kappa shape index (κ2) is 8.37. The molecule has 2 atom stereocenters. The first-order chi connectivity index (χ1) is 14.6. The molecule has 0 aromatic heterocycles. The number of rotatable bonds is 5. The average molecular weight is 402 g/mol. The Labute approximate surface area is 174 Å². The molecule has 3 aromatic carbocycles. The Morgan fingerprint density at radius 3 is 2.47 bits per heavy atom. The molecule has 0 spiro atoms. The zero-order chi connectivity index (χ0) is 21.1. The number of ether oxygens (including phenoxy) is 1. The van der Waals surface area contributed by atoms with Crippen molar-refractivity contribution in [2.75, 3.05) is 6.61 Å². The lowest BCUT2D eigenvalue weighted by Crippen LogP contribution is -2.52. The number of carbonyl (C=O) groups excluding carboxylic acids is 3. The van der Waals surface area contributed by atoms with Crippen molar-refractivity contribution in [3.8, 4) is 0 Å². The van der Waals surface area contributed by atoms with Gasteiger partial charge in [-0.1, -0.05) is 66.7 Å². The van der Waals surface area contributed by atoms with Crippen LogP contribution in [0.15, 0.2) is 72.8 Å². The van der Waals surface area contributed by atoms with Crippen molar-refractivity contribution in [2.24, 2.45) is 0 Å². The summed E-state index contributed by atoms with van der Waals surface area (Å²) in [6, 6.07) is 21.4. The van der Waals surface area contributed by atoms with E-state index >= 15 is 0 Å². The van der Waals surface area contributed by atoms with E-state index in [1.807, 2.05) is 60.7 Å². The summed E-state index contributed by atoms with van der Waals surface area (Å²) in [6.45, 7) is 1.90. The fourth-order valence-corrected chi connectivity index (χ4v) is 3.96. The van der Waals surface area contributed by atoms with E-state index in [2.05, 4.69) is 5.43 Å². The predicted molar refractivity (Wildman–Crippen MR) is 112 cm³/mol. The first kappa shape index (κ1) is 19.6. The van der Waals surface area contributed by atoms with Gasteiger partial charge in [0.2, 0.25) is 5.91 Å². The maximum atomic E-state index is 13.1. The van der Waals surface area contributed by atoms with Crippen LogP contribution in [0.3, 0.4) is 0 Å². The SMILES string of the molecule is CCOC(=O)C1C(c2ccccc2)CC(=O)N1NC(=O)c1cccc2ccccc12. The third-order valence-electron chi connectivity index (χ3n) is 5.33. The van der Waals surface area contributed by atoms with E-state index in [1.165, 1.54) is 0 Å². The van der Waals surface area contributed by atoms with Crippen LogP contribution in [-0.4, -0.2) is 35.4 Å². The van der Waals surface area contributed by atoms with Crippen molar-refractivity contribution in [3.63, 3.8) is 0 Å². The van der Waals surface area contributed by atoms with E-state index < -0.39 is 23.8 Å². The van der Waals surface area contributed by atoms with E-state index in [9.17, 15) is 14.4 Å². The molecule has 3 aromatic rings. The lowest BCUT2D eigenvalue weighted by Gasteiger charge is -2.27. The molecule has 1 N–H and O–H groups in total. The summed E-state index contributed by atoms with van der Waals surface area (Å²) in [5.74, 6) is -1.69. The Morgan fingerprint density at radius 2 is 1.70 bits per heavy atom. The predicted octanol–water partition coefficient (Wildman–Crippen LogP) is 3.43. The van der Waals surface area contributed by atoms with E-state index in [4.69, 9.17) is 4.74 Å². The molecule has 1 heterocycles. The van der Waals surface area contributed by atoms with Crippen molar-refractivity contribution in [1.29, 1.82) is 0 Å². The van der Waals surface area contributed by atoms with Crippen LogP contribution < -0.4 is 5.43 Å². The molecule has 152 valence electrons. The fourth-order valence-electron chi connectivity index (χ4n) is 3.96. The minimum atomic E-state index is -0.918. The molecule has 0 bridgehead atoms. The number of fused-ring (bicyclic) bond motifs is 1. The van der Waals surface area contributed by atoms with Crippen molar-refractivity contribution >= 4 is 28.6 Å². The zero-order valence-electron chi connectivity index (χ0n) is 16.6. The summed E-state index contributed by atoms with van der Waals surface area (Å²) in [6.07, 6.45) is 0.114. The quantitative estimate of drug-likeness (QED) is 0.664. The molecule has 6 heteroatoms. The van der Waals surface area contributed by atoms with Crippen molar-refractivity contribution in [3.05, 3.63) is 83.9 Å². The Bertz CT molecular complexity index is 1090. The van der Waals surface area contributed by atoms with E-state index in [0.717, 1.165) is 21.3 Å². The van der Waals surface area contributed by atoms with E-state index in [0.29, 0.717) is 5.56 Å². The number of nitrogens with one attached hydrogen (secondary N) is 1. The second-order valence-electron chi connectivity index (χ2n) is 7.15. The number of hydrogen-bond donors (Lipinski definition) is 1. The first-order valence-corrected chi connectivity index (χ1v) is 9.92. The maximum absolute atomic E-state index is 13.1. The minimum Gasteiger partial charge on any atom is -0.464 e. The molecule has 0 radical (unpaired) electrons. The van der Waals surface area contributed by atoms with Gasteiger partial charge in [-0.3, -0.25) is 15.0 Å². The monoisotopic (exact) mass is 402 g/mol. The van der Waals surface area contributed by atoms with Crippen LogP contribution in [0.2, 0.25) is 0 Å². The number of esters is 1. The third kappa shape index (κ3) is 3.64. The van der Waals surface area contributed by atoms with E-state index in [1.54, 1.807) is 19.1 Å². The maximum Gasteiger partial charge on any atom is 0.331 e. The summed E-state index contributed by atoms with van der Waals surface area (Å²) in [4.78, 5) is 38.6. The first-order valence-electron chi connectivity index (χ1n) is 9.92. The molecule has 1 fully saturated rings. The average Bonchev–Trinajstić information content (AvgIpc) is 3.10. The van der Waals surface area contributed by atoms with Gasteiger partial charge in [-0.25, -0.2) is 9.80 Å². The summed E-state index contributed by atoms with van der Waals surface area (Å²) < 4.78 is 5.23. The van der Waals surface area contributed by atoms with Gasteiger partial charge in [-0.15, -0.1) is 0 Å². The molecular weight excluding hydrogens is 380 g/mol. The van der Waals surface area contributed by atoms with Gasteiger partial charge in [0, 0.05) is 17.9 Å². The molecular formula is C24H22N2O4. The Balaban J connectivity index is 1.66. The van der Waals surface area contributed by atoms with Crippen LogP contribution in [0.4, 0.5) is 0 Å². The number of nitrogens with zero attached hydrogens (tertiary/aromatic N) is 1. The smallest absolute Gasteiger partial charge is 0.331 e. The molecule has 4 rings (SSSR count). The van der Waals surface area contributed by atoms with Gasteiger partial charge < -0.3 is 4.74 Å². The van der Waals surface area contributed by atoms with Crippen molar-refractivity contribution < 1.29 is 19.1 Å². The summed E-state index contributed by atoms with van der Waals surface area (Å²) in [5, 5.41) is 2.83. The fraction of sp³-hybridized carbons (Fsp3) is 0.208. The normalized spacial score (nSPS) is 18.4. The number of carbonyl (C=O) groups is 3. The molecule has 0 aliphatic carbocycles. The Morgan fingerprint density at radius 1 is 1.00 bits per heavy atom. The second-order valence-corrected chi connectivity index (χ2v) is 7.15. The van der Waals surface area contributed by atoms with Crippen LogP contribution in [0.1, 0.15) is 35.2 Å². The number of benzene rings is 3. The molecule has 2 unspecified atom stereocenters. The molecule has 0 saturated carbocycles. The van der Waals surface area contributed by atoms with Crippen LogP contribution in [-0.2, 0) is 14.3 Å². The van der Waals surface area contributed by atoms with Gasteiger partial charge >= 0.3 is 5.97 Å². The van der Waals surface area contributed by atoms with E-state index in [-0.39, 0.29) is 18.9 Å². The summed E-state index contributed by atoms with van der Waals surface area (Å²) in [7, 11) is 0.